The highest BCUT2D eigenvalue weighted by Crippen LogP contribution is 2.43. The van der Waals surface area contributed by atoms with Crippen LogP contribution in [0, 0.1) is 0 Å². The predicted molar refractivity (Wildman–Crippen MR) is 74.9 cm³/mol. The molecule has 0 amide bonds. The highest BCUT2D eigenvalue weighted by Gasteiger charge is 2.38. The summed E-state index contributed by atoms with van der Waals surface area (Å²) in [6, 6.07) is 12.6. The van der Waals surface area contributed by atoms with Crippen molar-refractivity contribution in [2.45, 2.75) is 18.4 Å². The van der Waals surface area contributed by atoms with Gasteiger partial charge in [-0.05, 0) is 18.1 Å². The second kappa shape index (κ2) is 4.50. The molecule has 3 N–H and O–H groups in total. The molecule has 1 aliphatic rings. The van der Waals surface area contributed by atoms with Crippen LogP contribution in [-0.2, 0) is 0 Å². The third kappa shape index (κ3) is 2.27. The maximum absolute atomic E-state index is 5.87. The van der Waals surface area contributed by atoms with Gasteiger partial charge in [0, 0.05) is 18.2 Å². The molecule has 0 radical (unpaired) electrons. The van der Waals surface area contributed by atoms with Crippen molar-refractivity contribution in [2.24, 2.45) is 0 Å². The van der Waals surface area contributed by atoms with Gasteiger partial charge in [0.1, 0.15) is 5.82 Å². The molecule has 0 aliphatic heterocycles. The smallest absolute Gasteiger partial charge is 0.149 e. The largest absolute Gasteiger partial charge is 0.396 e. The van der Waals surface area contributed by atoms with E-state index in [2.05, 4.69) is 34.6 Å². The van der Waals surface area contributed by atoms with E-state index in [0.29, 0.717) is 22.7 Å². The Kier molecular flexibility index (Phi) is 2.84. The SMILES string of the molecule is Nc1cc(Cl)cnc1NC1CC1c1ccccc1. The zero-order valence-electron chi connectivity index (χ0n) is 9.81. The second-order valence-corrected chi connectivity index (χ2v) is 5.03. The Bertz CT molecular complexity index is 556. The number of pyridine rings is 1. The first kappa shape index (κ1) is 11.4. The summed E-state index contributed by atoms with van der Waals surface area (Å²) in [7, 11) is 0. The lowest BCUT2D eigenvalue weighted by Gasteiger charge is -2.08. The van der Waals surface area contributed by atoms with E-state index in [4.69, 9.17) is 17.3 Å². The minimum atomic E-state index is 0.420. The molecule has 1 heterocycles. The van der Waals surface area contributed by atoms with Gasteiger partial charge in [-0.2, -0.15) is 0 Å². The standard InChI is InChI=1S/C14H14ClN3/c15-10-6-12(16)14(17-8-10)18-13-7-11(13)9-4-2-1-3-5-9/h1-6,8,11,13H,7,16H2,(H,17,18). The number of hydrogen-bond donors (Lipinski definition) is 2. The minimum Gasteiger partial charge on any atom is -0.396 e. The zero-order chi connectivity index (χ0) is 12.5. The van der Waals surface area contributed by atoms with Crippen molar-refractivity contribution >= 4 is 23.1 Å². The van der Waals surface area contributed by atoms with Crippen LogP contribution in [0.1, 0.15) is 17.9 Å². The van der Waals surface area contributed by atoms with Crippen LogP contribution < -0.4 is 11.1 Å². The third-order valence-electron chi connectivity index (χ3n) is 3.22. The highest BCUT2D eigenvalue weighted by molar-refractivity contribution is 6.30. The number of nitrogens with one attached hydrogen (secondary N) is 1. The van der Waals surface area contributed by atoms with E-state index >= 15 is 0 Å². The molecule has 1 aliphatic carbocycles. The van der Waals surface area contributed by atoms with Crippen LogP contribution in [0.3, 0.4) is 0 Å². The molecule has 0 bridgehead atoms. The number of benzene rings is 1. The minimum absolute atomic E-state index is 0.420. The van der Waals surface area contributed by atoms with Gasteiger partial charge in [-0.1, -0.05) is 41.9 Å². The number of rotatable bonds is 3. The summed E-state index contributed by atoms with van der Waals surface area (Å²) in [5, 5.41) is 3.93. The van der Waals surface area contributed by atoms with Crippen LogP contribution in [0.5, 0.6) is 0 Å². The Morgan fingerprint density at radius 3 is 2.78 bits per heavy atom. The molecule has 1 fully saturated rings. The van der Waals surface area contributed by atoms with Crippen molar-refractivity contribution in [1.29, 1.82) is 0 Å². The lowest BCUT2D eigenvalue weighted by Crippen LogP contribution is -2.08. The summed E-state index contributed by atoms with van der Waals surface area (Å²) in [5.41, 5.74) is 7.83. The Balaban J connectivity index is 1.69. The van der Waals surface area contributed by atoms with E-state index in [9.17, 15) is 0 Å². The van der Waals surface area contributed by atoms with E-state index in [1.54, 1.807) is 12.3 Å². The van der Waals surface area contributed by atoms with Crippen LogP contribution >= 0.6 is 11.6 Å². The monoisotopic (exact) mass is 259 g/mol. The van der Waals surface area contributed by atoms with Gasteiger partial charge in [0.25, 0.3) is 0 Å². The Hall–Kier alpha value is -1.74. The molecule has 3 rings (SSSR count). The number of nitrogen functional groups attached to an aromatic ring is 1. The van der Waals surface area contributed by atoms with Crippen molar-refractivity contribution in [3.8, 4) is 0 Å². The normalized spacial score (nSPS) is 21.6. The Morgan fingerprint density at radius 2 is 2.06 bits per heavy atom. The maximum Gasteiger partial charge on any atom is 0.149 e. The number of nitrogens with zero attached hydrogens (tertiary/aromatic N) is 1. The first-order chi connectivity index (χ1) is 8.74. The quantitative estimate of drug-likeness (QED) is 0.889. The zero-order valence-corrected chi connectivity index (χ0v) is 10.6. The predicted octanol–water partition coefficient (Wildman–Crippen LogP) is 3.29. The molecule has 1 saturated carbocycles. The molecule has 4 heteroatoms. The van der Waals surface area contributed by atoms with Crippen molar-refractivity contribution in [3.63, 3.8) is 0 Å². The van der Waals surface area contributed by atoms with Crippen LogP contribution in [0.2, 0.25) is 5.02 Å². The third-order valence-corrected chi connectivity index (χ3v) is 3.43. The van der Waals surface area contributed by atoms with E-state index in [-0.39, 0.29) is 0 Å². The van der Waals surface area contributed by atoms with Crippen molar-refractivity contribution < 1.29 is 0 Å². The van der Waals surface area contributed by atoms with Gasteiger partial charge in [0.2, 0.25) is 0 Å². The number of nitrogens with two attached hydrogens (primary N) is 1. The summed E-state index contributed by atoms with van der Waals surface area (Å²) in [6.45, 7) is 0. The first-order valence-corrected chi connectivity index (χ1v) is 6.34. The number of anilines is 2. The van der Waals surface area contributed by atoms with Crippen molar-refractivity contribution in [2.75, 3.05) is 11.1 Å². The second-order valence-electron chi connectivity index (χ2n) is 4.60. The summed E-state index contributed by atoms with van der Waals surface area (Å²) >= 11 is 5.82. The number of aromatic nitrogens is 1. The lowest BCUT2D eigenvalue weighted by atomic mass is 10.1. The van der Waals surface area contributed by atoms with Gasteiger partial charge in [0.15, 0.2) is 0 Å². The molecule has 3 nitrogen and oxygen atoms in total. The topological polar surface area (TPSA) is 50.9 Å². The van der Waals surface area contributed by atoms with Crippen LogP contribution in [0.4, 0.5) is 11.5 Å². The van der Waals surface area contributed by atoms with Gasteiger partial charge < -0.3 is 11.1 Å². The molecule has 1 aromatic carbocycles. The highest BCUT2D eigenvalue weighted by atomic mass is 35.5. The Morgan fingerprint density at radius 1 is 1.28 bits per heavy atom. The van der Waals surface area contributed by atoms with E-state index in [1.165, 1.54) is 5.56 Å². The average Bonchev–Trinajstić information content (AvgIpc) is 3.13. The van der Waals surface area contributed by atoms with Crippen molar-refractivity contribution in [1.82, 2.24) is 4.98 Å². The van der Waals surface area contributed by atoms with Gasteiger partial charge in [-0.25, -0.2) is 4.98 Å². The molecular formula is C14H14ClN3. The Labute approximate surface area is 111 Å². The van der Waals surface area contributed by atoms with Crippen molar-refractivity contribution in [3.05, 3.63) is 53.2 Å². The molecule has 92 valence electrons. The lowest BCUT2D eigenvalue weighted by molar-refractivity contribution is 1.03. The van der Waals surface area contributed by atoms with Crippen LogP contribution in [-0.4, -0.2) is 11.0 Å². The van der Waals surface area contributed by atoms with Gasteiger partial charge >= 0.3 is 0 Å². The van der Waals surface area contributed by atoms with Gasteiger partial charge in [0.05, 0.1) is 10.7 Å². The van der Waals surface area contributed by atoms with Crippen LogP contribution in [0.25, 0.3) is 0 Å². The molecular weight excluding hydrogens is 246 g/mol. The summed E-state index contributed by atoms with van der Waals surface area (Å²) in [4.78, 5) is 4.22. The molecule has 2 atom stereocenters. The molecule has 2 unspecified atom stereocenters. The molecule has 18 heavy (non-hydrogen) atoms. The summed E-state index contributed by atoms with van der Waals surface area (Å²) < 4.78 is 0. The fourth-order valence-electron chi connectivity index (χ4n) is 2.17. The first-order valence-electron chi connectivity index (χ1n) is 5.96. The molecule has 1 aromatic heterocycles. The summed E-state index contributed by atoms with van der Waals surface area (Å²) in [5.74, 6) is 1.28. The number of hydrogen-bond acceptors (Lipinski definition) is 3. The van der Waals surface area contributed by atoms with Crippen LogP contribution in [0.15, 0.2) is 42.6 Å². The fourth-order valence-corrected chi connectivity index (χ4v) is 2.34. The maximum atomic E-state index is 5.87. The van der Waals surface area contributed by atoms with Gasteiger partial charge in [-0.3, -0.25) is 0 Å². The fraction of sp³-hybridized carbons (Fsp3) is 0.214. The van der Waals surface area contributed by atoms with Gasteiger partial charge in [-0.15, -0.1) is 0 Å². The molecule has 2 aromatic rings. The van der Waals surface area contributed by atoms with E-state index in [0.717, 1.165) is 12.2 Å². The summed E-state index contributed by atoms with van der Waals surface area (Å²) in [6.07, 6.45) is 2.73. The average molecular weight is 260 g/mol. The van der Waals surface area contributed by atoms with E-state index in [1.807, 2.05) is 6.07 Å². The van der Waals surface area contributed by atoms with E-state index < -0.39 is 0 Å². The molecule has 0 spiro atoms. The number of halogens is 1. The molecule has 0 saturated heterocycles.